The molecule has 3 heteroatoms. The third-order valence-electron chi connectivity index (χ3n) is 2.75. The lowest BCUT2D eigenvalue weighted by atomic mass is 10.1. The average Bonchev–Trinajstić information content (AvgIpc) is 2.32. The molecule has 1 N–H and O–H groups in total. The predicted molar refractivity (Wildman–Crippen MR) is 75.3 cm³/mol. The molecule has 0 aromatic heterocycles. The van der Waals surface area contributed by atoms with Crippen LogP contribution in [0.1, 0.15) is 21.5 Å². The number of hydrogen-bond donors (Lipinski definition) is 1. The molecular weight excluding hydrogens is 246 g/mol. The van der Waals surface area contributed by atoms with E-state index in [-0.39, 0.29) is 5.91 Å². The molecule has 2 aromatic carbocycles. The molecule has 0 aliphatic heterocycles. The lowest BCUT2D eigenvalue weighted by Crippen LogP contribution is -2.13. The number of nitrogens with one attached hydrogen (secondary N) is 1. The van der Waals surface area contributed by atoms with Gasteiger partial charge in [-0.2, -0.15) is 0 Å². The summed E-state index contributed by atoms with van der Waals surface area (Å²) in [6, 6.07) is 12.9. The van der Waals surface area contributed by atoms with Crippen molar-refractivity contribution in [1.82, 2.24) is 0 Å². The third-order valence-corrected chi connectivity index (χ3v) is 3.08. The van der Waals surface area contributed by atoms with Crippen LogP contribution in [-0.4, -0.2) is 5.91 Å². The van der Waals surface area contributed by atoms with E-state index in [1.54, 1.807) is 12.1 Å². The molecule has 0 heterocycles. The Morgan fingerprint density at radius 3 is 2.50 bits per heavy atom. The fraction of sp³-hybridized carbons (Fsp3) is 0.133. The van der Waals surface area contributed by atoms with Crippen LogP contribution in [0.2, 0.25) is 5.02 Å². The van der Waals surface area contributed by atoms with Crippen LogP contribution in [0.5, 0.6) is 0 Å². The zero-order valence-corrected chi connectivity index (χ0v) is 11.1. The lowest BCUT2D eigenvalue weighted by Gasteiger charge is -2.09. The maximum absolute atomic E-state index is 12.1. The summed E-state index contributed by atoms with van der Waals surface area (Å²) in [4.78, 5) is 12.1. The summed E-state index contributed by atoms with van der Waals surface area (Å²) in [7, 11) is 0. The van der Waals surface area contributed by atoms with Crippen LogP contribution in [-0.2, 0) is 0 Å². The maximum Gasteiger partial charge on any atom is 0.255 e. The number of para-hydroxylation sites is 1. The van der Waals surface area contributed by atoms with Crippen LogP contribution >= 0.6 is 11.6 Å². The van der Waals surface area contributed by atoms with Crippen LogP contribution in [0, 0.1) is 13.8 Å². The number of carbonyl (C=O) groups is 1. The Balaban J connectivity index is 2.25. The van der Waals surface area contributed by atoms with E-state index in [4.69, 9.17) is 11.6 Å². The fourth-order valence-corrected chi connectivity index (χ4v) is 2.00. The number of carbonyl (C=O) groups excluding carboxylic acids is 1. The van der Waals surface area contributed by atoms with Gasteiger partial charge in [0.15, 0.2) is 0 Å². The third kappa shape index (κ3) is 2.71. The summed E-state index contributed by atoms with van der Waals surface area (Å²) in [6.07, 6.45) is 0. The predicted octanol–water partition coefficient (Wildman–Crippen LogP) is 4.21. The van der Waals surface area contributed by atoms with Gasteiger partial charge in [-0.3, -0.25) is 4.79 Å². The Labute approximate surface area is 112 Å². The minimum Gasteiger partial charge on any atom is -0.321 e. The number of benzene rings is 2. The molecule has 0 unspecified atom stereocenters. The molecule has 0 aliphatic rings. The summed E-state index contributed by atoms with van der Waals surface area (Å²) >= 11 is 6.01. The zero-order chi connectivity index (χ0) is 13.1. The Hall–Kier alpha value is -1.80. The van der Waals surface area contributed by atoms with Crippen molar-refractivity contribution in [2.75, 3.05) is 5.32 Å². The second kappa shape index (κ2) is 5.23. The first kappa shape index (κ1) is 12.7. The Morgan fingerprint density at radius 1 is 1.11 bits per heavy atom. The van der Waals surface area contributed by atoms with Crippen LogP contribution in [0.3, 0.4) is 0 Å². The minimum absolute atomic E-state index is 0.138. The summed E-state index contributed by atoms with van der Waals surface area (Å²) in [5, 5.41) is 3.35. The van der Waals surface area contributed by atoms with Gasteiger partial charge in [0.1, 0.15) is 0 Å². The number of hydrogen-bond acceptors (Lipinski definition) is 1. The number of anilines is 1. The van der Waals surface area contributed by atoms with Gasteiger partial charge in [0, 0.05) is 5.56 Å². The summed E-state index contributed by atoms with van der Waals surface area (Å²) in [5.74, 6) is -0.138. The van der Waals surface area contributed by atoms with Crippen molar-refractivity contribution in [3.63, 3.8) is 0 Å². The Kier molecular flexibility index (Phi) is 3.68. The van der Waals surface area contributed by atoms with Gasteiger partial charge in [0.25, 0.3) is 5.91 Å². The van der Waals surface area contributed by atoms with Crippen LogP contribution in [0.25, 0.3) is 0 Å². The van der Waals surface area contributed by atoms with Gasteiger partial charge in [-0.1, -0.05) is 41.4 Å². The molecule has 0 saturated heterocycles. The number of amides is 1. The molecule has 0 aliphatic carbocycles. The summed E-state index contributed by atoms with van der Waals surface area (Å²) in [5.41, 5.74) is 3.39. The van der Waals surface area contributed by atoms with E-state index in [2.05, 4.69) is 5.32 Å². The Morgan fingerprint density at radius 2 is 1.83 bits per heavy atom. The first-order valence-electron chi connectivity index (χ1n) is 5.71. The maximum atomic E-state index is 12.1. The second-order valence-corrected chi connectivity index (χ2v) is 4.66. The first-order chi connectivity index (χ1) is 8.58. The van der Waals surface area contributed by atoms with Crippen molar-refractivity contribution < 1.29 is 4.79 Å². The topological polar surface area (TPSA) is 29.1 Å². The lowest BCUT2D eigenvalue weighted by molar-refractivity contribution is 0.102. The molecule has 0 atom stereocenters. The normalized spacial score (nSPS) is 10.2. The second-order valence-electron chi connectivity index (χ2n) is 4.25. The van der Waals surface area contributed by atoms with Gasteiger partial charge in [0.05, 0.1) is 10.7 Å². The van der Waals surface area contributed by atoms with E-state index in [9.17, 15) is 4.79 Å². The van der Waals surface area contributed by atoms with Gasteiger partial charge < -0.3 is 5.32 Å². The highest BCUT2D eigenvalue weighted by atomic mass is 35.5. The highest BCUT2D eigenvalue weighted by Gasteiger charge is 2.10. The van der Waals surface area contributed by atoms with Crippen molar-refractivity contribution in [3.05, 3.63) is 64.2 Å². The van der Waals surface area contributed by atoms with Gasteiger partial charge in [0.2, 0.25) is 0 Å². The highest BCUT2D eigenvalue weighted by Crippen LogP contribution is 2.21. The number of halogens is 1. The van der Waals surface area contributed by atoms with E-state index in [0.29, 0.717) is 16.3 Å². The number of aryl methyl sites for hydroxylation is 2. The highest BCUT2D eigenvalue weighted by molar-refractivity contribution is 6.33. The standard InChI is InChI=1S/C15H14ClNO/c1-10-7-8-12(11(2)9-10)15(18)17-14-6-4-3-5-13(14)16/h3-9H,1-2H3,(H,17,18). The molecule has 2 rings (SSSR count). The first-order valence-corrected chi connectivity index (χ1v) is 6.09. The molecule has 0 fully saturated rings. The SMILES string of the molecule is Cc1ccc(C(=O)Nc2ccccc2Cl)c(C)c1. The van der Waals surface area contributed by atoms with Crippen LogP contribution in [0.15, 0.2) is 42.5 Å². The van der Waals surface area contributed by atoms with Gasteiger partial charge >= 0.3 is 0 Å². The molecule has 2 nitrogen and oxygen atoms in total. The molecule has 0 saturated carbocycles. The zero-order valence-electron chi connectivity index (χ0n) is 10.3. The Bertz CT molecular complexity index is 593. The molecule has 92 valence electrons. The molecular formula is C15H14ClNO. The van der Waals surface area contributed by atoms with Crippen molar-refractivity contribution in [2.24, 2.45) is 0 Å². The van der Waals surface area contributed by atoms with Crippen molar-refractivity contribution >= 4 is 23.2 Å². The monoisotopic (exact) mass is 259 g/mol. The van der Waals surface area contributed by atoms with Crippen molar-refractivity contribution in [1.29, 1.82) is 0 Å². The summed E-state index contributed by atoms with van der Waals surface area (Å²) < 4.78 is 0. The molecule has 18 heavy (non-hydrogen) atoms. The van der Waals surface area contributed by atoms with E-state index in [1.807, 2.05) is 44.2 Å². The molecule has 0 spiro atoms. The van der Waals surface area contributed by atoms with E-state index < -0.39 is 0 Å². The fourth-order valence-electron chi connectivity index (χ4n) is 1.82. The van der Waals surface area contributed by atoms with Gasteiger partial charge in [-0.15, -0.1) is 0 Å². The quantitative estimate of drug-likeness (QED) is 0.860. The van der Waals surface area contributed by atoms with E-state index in [0.717, 1.165) is 11.1 Å². The number of rotatable bonds is 2. The largest absolute Gasteiger partial charge is 0.321 e. The van der Waals surface area contributed by atoms with Crippen LogP contribution < -0.4 is 5.32 Å². The minimum atomic E-state index is -0.138. The molecule has 1 amide bonds. The smallest absolute Gasteiger partial charge is 0.255 e. The van der Waals surface area contributed by atoms with Gasteiger partial charge in [-0.25, -0.2) is 0 Å². The van der Waals surface area contributed by atoms with Crippen molar-refractivity contribution in [3.8, 4) is 0 Å². The van der Waals surface area contributed by atoms with Crippen molar-refractivity contribution in [2.45, 2.75) is 13.8 Å². The van der Waals surface area contributed by atoms with E-state index >= 15 is 0 Å². The van der Waals surface area contributed by atoms with Crippen LogP contribution in [0.4, 0.5) is 5.69 Å². The molecule has 0 bridgehead atoms. The summed E-state index contributed by atoms with van der Waals surface area (Å²) in [6.45, 7) is 3.93. The molecule has 2 aromatic rings. The average molecular weight is 260 g/mol. The van der Waals surface area contributed by atoms with E-state index in [1.165, 1.54) is 0 Å². The molecule has 0 radical (unpaired) electrons. The van der Waals surface area contributed by atoms with Gasteiger partial charge in [-0.05, 0) is 37.6 Å².